The normalized spacial score (nSPS) is 18.2. The Morgan fingerprint density at radius 3 is 2.27 bits per heavy atom. The zero-order valence-corrected chi connectivity index (χ0v) is 17.5. The molecule has 8 nitrogen and oxygen atoms in total. The first-order chi connectivity index (χ1) is 14.8. The first kappa shape index (κ1) is 19.4. The molecule has 0 spiro atoms. The van der Waals surface area contributed by atoms with Gasteiger partial charge in [-0.1, -0.05) is 30.3 Å². The van der Waals surface area contributed by atoms with E-state index >= 15 is 0 Å². The number of aryl methyl sites for hydroxylation is 1. The van der Waals surface area contributed by atoms with Crippen LogP contribution in [0.15, 0.2) is 30.3 Å². The predicted octanol–water partition coefficient (Wildman–Crippen LogP) is 1.97. The fourth-order valence-corrected chi connectivity index (χ4v) is 4.17. The van der Waals surface area contributed by atoms with E-state index in [4.69, 9.17) is 24.4 Å². The van der Waals surface area contributed by atoms with E-state index in [9.17, 15) is 0 Å². The van der Waals surface area contributed by atoms with Crippen LogP contribution >= 0.6 is 0 Å². The zero-order valence-electron chi connectivity index (χ0n) is 17.5. The highest BCUT2D eigenvalue weighted by Gasteiger charge is 2.23. The highest BCUT2D eigenvalue weighted by atomic mass is 16.5. The van der Waals surface area contributed by atoms with Crippen LogP contribution in [-0.2, 0) is 16.0 Å². The smallest absolute Gasteiger partial charge is 0.166 e. The third-order valence-electron chi connectivity index (χ3n) is 5.77. The maximum Gasteiger partial charge on any atom is 0.166 e. The van der Waals surface area contributed by atoms with Gasteiger partial charge in [0, 0.05) is 44.8 Å². The van der Waals surface area contributed by atoms with Crippen LogP contribution in [0.1, 0.15) is 5.82 Å². The van der Waals surface area contributed by atoms with Gasteiger partial charge in [-0.3, -0.25) is 4.90 Å². The molecule has 0 amide bonds. The van der Waals surface area contributed by atoms with Crippen molar-refractivity contribution in [2.75, 3.05) is 64.1 Å². The predicted molar refractivity (Wildman–Crippen MR) is 116 cm³/mol. The first-order valence-corrected chi connectivity index (χ1v) is 10.7. The van der Waals surface area contributed by atoms with Gasteiger partial charge >= 0.3 is 0 Å². The molecule has 8 heteroatoms. The Morgan fingerprint density at radius 2 is 1.53 bits per heavy atom. The fourth-order valence-electron chi connectivity index (χ4n) is 4.17. The summed E-state index contributed by atoms with van der Waals surface area (Å²) in [6.45, 7) is 10.4. The van der Waals surface area contributed by atoms with Crippen LogP contribution in [0.5, 0.6) is 0 Å². The monoisotopic (exact) mass is 408 g/mol. The Bertz CT molecular complexity index is 994. The molecule has 0 atom stereocenters. The van der Waals surface area contributed by atoms with Crippen LogP contribution in [0.3, 0.4) is 0 Å². The Hall–Kier alpha value is -2.55. The van der Waals surface area contributed by atoms with Gasteiger partial charge in [0.1, 0.15) is 11.6 Å². The summed E-state index contributed by atoms with van der Waals surface area (Å²) in [5.74, 6) is 2.65. The number of ether oxygens (including phenoxy) is 2. The minimum atomic E-state index is 0.716. The topological polar surface area (TPSA) is 68.5 Å². The quantitative estimate of drug-likeness (QED) is 0.639. The summed E-state index contributed by atoms with van der Waals surface area (Å²) < 4.78 is 13.3. The molecule has 1 aromatic carbocycles. The standard InChI is InChI=1S/C22H28N6O2/c1-17-23-21(27-11-15-30-16-12-27)19-22(24-17)28(8-7-26-9-13-29-14-10-26)20(25-19)18-5-3-2-4-6-18/h2-6H,7-16H2,1H3. The van der Waals surface area contributed by atoms with Crippen molar-refractivity contribution in [3.05, 3.63) is 36.2 Å². The van der Waals surface area contributed by atoms with E-state index in [1.807, 2.05) is 13.0 Å². The van der Waals surface area contributed by atoms with Crippen molar-refractivity contribution in [3.8, 4) is 11.4 Å². The molecule has 2 fully saturated rings. The molecule has 158 valence electrons. The molecular weight excluding hydrogens is 380 g/mol. The van der Waals surface area contributed by atoms with E-state index in [0.717, 1.165) is 86.7 Å². The van der Waals surface area contributed by atoms with Gasteiger partial charge in [0.15, 0.2) is 17.0 Å². The zero-order chi connectivity index (χ0) is 20.3. The van der Waals surface area contributed by atoms with E-state index < -0.39 is 0 Å². The molecule has 2 aliphatic rings. The molecule has 0 saturated carbocycles. The molecule has 4 heterocycles. The molecule has 0 radical (unpaired) electrons. The van der Waals surface area contributed by atoms with Crippen LogP contribution < -0.4 is 4.90 Å². The highest BCUT2D eigenvalue weighted by molar-refractivity contribution is 5.87. The van der Waals surface area contributed by atoms with Crippen LogP contribution in [0.4, 0.5) is 5.82 Å². The molecule has 2 aliphatic heterocycles. The number of benzene rings is 1. The molecule has 30 heavy (non-hydrogen) atoms. The van der Waals surface area contributed by atoms with Crippen molar-refractivity contribution in [1.29, 1.82) is 0 Å². The maximum atomic E-state index is 5.54. The minimum Gasteiger partial charge on any atom is -0.379 e. The first-order valence-electron chi connectivity index (χ1n) is 10.7. The average Bonchev–Trinajstić information content (AvgIpc) is 3.17. The lowest BCUT2D eigenvalue weighted by Gasteiger charge is -2.28. The van der Waals surface area contributed by atoms with Gasteiger partial charge in [-0.05, 0) is 6.92 Å². The Morgan fingerprint density at radius 1 is 0.833 bits per heavy atom. The SMILES string of the molecule is Cc1nc(N2CCOCC2)c2nc(-c3ccccc3)n(CCN3CCOCC3)c2n1. The van der Waals surface area contributed by atoms with Crippen molar-refractivity contribution < 1.29 is 9.47 Å². The van der Waals surface area contributed by atoms with E-state index in [-0.39, 0.29) is 0 Å². The second kappa shape index (κ2) is 8.67. The maximum absolute atomic E-state index is 5.54. The van der Waals surface area contributed by atoms with Crippen LogP contribution in [0.2, 0.25) is 0 Å². The van der Waals surface area contributed by atoms with E-state index in [1.165, 1.54) is 0 Å². The molecule has 0 bridgehead atoms. The Balaban J connectivity index is 1.58. The lowest BCUT2D eigenvalue weighted by atomic mass is 10.2. The Labute approximate surface area is 176 Å². The summed E-state index contributed by atoms with van der Waals surface area (Å²) >= 11 is 0. The summed E-state index contributed by atoms with van der Waals surface area (Å²) in [6, 6.07) is 10.4. The molecule has 0 N–H and O–H groups in total. The highest BCUT2D eigenvalue weighted by Crippen LogP contribution is 2.29. The molecule has 5 rings (SSSR count). The number of imidazole rings is 1. The lowest BCUT2D eigenvalue weighted by molar-refractivity contribution is 0.0365. The number of hydrogen-bond donors (Lipinski definition) is 0. The van der Waals surface area contributed by atoms with Gasteiger partial charge in [0.25, 0.3) is 0 Å². The second-order valence-electron chi connectivity index (χ2n) is 7.77. The number of fused-ring (bicyclic) bond motifs is 1. The molecule has 2 saturated heterocycles. The summed E-state index contributed by atoms with van der Waals surface area (Å²) in [5, 5.41) is 0. The summed E-state index contributed by atoms with van der Waals surface area (Å²) in [5.41, 5.74) is 2.89. The van der Waals surface area contributed by atoms with Gasteiger partial charge < -0.3 is 18.9 Å². The van der Waals surface area contributed by atoms with Crippen molar-refractivity contribution in [3.63, 3.8) is 0 Å². The van der Waals surface area contributed by atoms with Crippen molar-refractivity contribution >= 4 is 17.0 Å². The molecule has 0 unspecified atom stereocenters. The van der Waals surface area contributed by atoms with E-state index in [1.54, 1.807) is 0 Å². The van der Waals surface area contributed by atoms with Crippen LogP contribution in [0, 0.1) is 6.92 Å². The third kappa shape index (κ3) is 3.90. The number of anilines is 1. The van der Waals surface area contributed by atoms with Crippen molar-refractivity contribution in [1.82, 2.24) is 24.4 Å². The summed E-state index contributed by atoms with van der Waals surface area (Å²) in [6.07, 6.45) is 0. The van der Waals surface area contributed by atoms with Gasteiger partial charge in [0.2, 0.25) is 0 Å². The van der Waals surface area contributed by atoms with Crippen LogP contribution in [-0.4, -0.2) is 83.6 Å². The number of hydrogen-bond acceptors (Lipinski definition) is 7. The second-order valence-corrected chi connectivity index (χ2v) is 7.77. The number of nitrogens with zero attached hydrogens (tertiary/aromatic N) is 6. The molecular formula is C22H28N6O2. The Kier molecular flexibility index (Phi) is 5.61. The largest absolute Gasteiger partial charge is 0.379 e. The number of aromatic nitrogens is 4. The molecule has 3 aromatic rings. The van der Waals surface area contributed by atoms with Gasteiger partial charge in [-0.2, -0.15) is 0 Å². The van der Waals surface area contributed by atoms with E-state index in [0.29, 0.717) is 13.2 Å². The minimum absolute atomic E-state index is 0.716. The summed E-state index contributed by atoms with van der Waals surface area (Å²) in [4.78, 5) is 19.4. The summed E-state index contributed by atoms with van der Waals surface area (Å²) in [7, 11) is 0. The van der Waals surface area contributed by atoms with Crippen molar-refractivity contribution in [2.24, 2.45) is 0 Å². The van der Waals surface area contributed by atoms with Gasteiger partial charge in [0.05, 0.1) is 26.4 Å². The average molecular weight is 409 g/mol. The van der Waals surface area contributed by atoms with Gasteiger partial charge in [-0.25, -0.2) is 15.0 Å². The van der Waals surface area contributed by atoms with Crippen molar-refractivity contribution in [2.45, 2.75) is 13.5 Å². The fraction of sp³-hybridized carbons (Fsp3) is 0.500. The number of morpholine rings is 2. The number of rotatable bonds is 5. The lowest BCUT2D eigenvalue weighted by Crippen LogP contribution is -2.38. The molecule has 2 aromatic heterocycles. The third-order valence-corrected chi connectivity index (χ3v) is 5.77. The van der Waals surface area contributed by atoms with Crippen LogP contribution in [0.25, 0.3) is 22.6 Å². The van der Waals surface area contributed by atoms with E-state index in [2.05, 4.69) is 38.6 Å². The van der Waals surface area contributed by atoms with Gasteiger partial charge in [-0.15, -0.1) is 0 Å². The molecule has 0 aliphatic carbocycles.